The molecule has 3 heteroatoms. The van der Waals surface area contributed by atoms with Crippen molar-refractivity contribution in [3.63, 3.8) is 0 Å². The molecule has 1 aromatic carbocycles. The molecule has 0 spiro atoms. The largest absolute Gasteiger partial charge is 0.162 e. The van der Waals surface area contributed by atoms with Crippen LogP contribution >= 0.6 is 0 Å². The number of hydrogen-bond acceptors (Lipinski definition) is 3. The Morgan fingerprint density at radius 3 is 3.00 bits per heavy atom. The van der Waals surface area contributed by atoms with Crippen LogP contribution < -0.4 is 0 Å². The summed E-state index contributed by atoms with van der Waals surface area (Å²) in [5.41, 5.74) is 3.49. The van der Waals surface area contributed by atoms with Crippen molar-refractivity contribution in [1.82, 2.24) is 0 Å². The summed E-state index contributed by atoms with van der Waals surface area (Å²) >= 11 is 0. The average Bonchev–Trinajstić information content (AvgIpc) is 2.71. The van der Waals surface area contributed by atoms with Crippen molar-refractivity contribution in [2.75, 3.05) is 6.54 Å². The van der Waals surface area contributed by atoms with Crippen LogP contribution in [0.4, 0.5) is 0 Å². The van der Waals surface area contributed by atoms with Gasteiger partial charge in [-0.05, 0) is 23.3 Å². The fraction of sp³-hybridized carbons (Fsp3) is 0.364. The fourth-order valence-electron chi connectivity index (χ4n) is 1.56. The first-order valence-corrected chi connectivity index (χ1v) is 4.93. The molecule has 14 heavy (non-hydrogen) atoms. The standard InChI is InChI=1S/C11H13N3/c1-2-4-9-5-3-6-10(7-9)11-8-12-14-13-11/h3,5-7H,2,4,8H2,1H3. The van der Waals surface area contributed by atoms with Gasteiger partial charge in [-0.2, -0.15) is 5.11 Å². The van der Waals surface area contributed by atoms with Gasteiger partial charge >= 0.3 is 0 Å². The minimum absolute atomic E-state index is 0.621. The van der Waals surface area contributed by atoms with Gasteiger partial charge in [0.25, 0.3) is 0 Å². The van der Waals surface area contributed by atoms with Crippen LogP contribution in [-0.4, -0.2) is 12.3 Å². The van der Waals surface area contributed by atoms with E-state index in [1.807, 2.05) is 0 Å². The number of aryl methyl sites for hydroxylation is 1. The molecule has 0 bridgehead atoms. The van der Waals surface area contributed by atoms with Crippen molar-refractivity contribution in [1.29, 1.82) is 0 Å². The maximum absolute atomic E-state index is 3.98. The molecule has 1 aliphatic rings. The minimum Gasteiger partial charge on any atom is -0.162 e. The highest BCUT2D eigenvalue weighted by Gasteiger charge is 2.07. The highest BCUT2D eigenvalue weighted by atomic mass is 15.4. The lowest BCUT2D eigenvalue weighted by Crippen LogP contribution is -2.02. The Kier molecular flexibility index (Phi) is 2.68. The first-order valence-electron chi connectivity index (χ1n) is 4.93. The molecule has 0 atom stereocenters. The summed E-state index contributed by atoms with van der Waals surface area (Å²) in [6.45, 7) is 2.81. The highest BCUT2D eigenvalue weighted by Crippen LogP contribution is 2.11. The Morgan fingerprint density at radius 2 is 2.29 bits per heavy atom. The van der Waals surface area contributed by atoms with E-state index in [-0.39, 0.29) is 0 Å². The first kappa shape index (κ1) is 9.06. The van der Waals surface area contributed by atoms with Gasteiger partial charge in [-0.1, -0.05) is 31.5 Å². The fourth-order valence-corrected chi connectivity index (χ4v) is 1.56. The van der Waals surface area contributed by atoms with E-state index in [4.69, 9.17) is 0 Å². The van der Waals surface area contributed by atoms with Gasteiger partial charge in [-0.3, -0.25) is 0 Å². The smallest absolute Gasteiger partial charge is 0.107 e. The zero-order valence-corrected chi connectivity index (χ0v) is 8.27. The molecule has 0 saturated carbocycles. The Morgan fingerprint density at radius 1 is 1.36 bits per heavy atom. The average molecular weight is 187 g/mol. The van der Waals surface area contributed by atoms with Crippen molar-refractivity contribution >= 4 is 5.71 Å². The van der Waals surface area contributed by atoms with E-state index >= 15 is 0 Å². The van der Waals surface area contributed by atoms with Gasteiger partial charge in [0.05, 0.1) is 5.71 Å². The topological polar surface area (TPSA) is 37.1 Å². The molecule has 0 unspecified atom stereocenters. The molecule has 3 nitrogen and oxygen atoms in total. The van der Waals surface area contributed by atoms with Crippen LogP contribution in [0.15, 0.2) is 39.7 Å². The van der Waals surface area contributed by atoms with Crippen molar-refractivity contribution in [2.24, 2.45) is 15.4 Å². The van der Waals surface area contributed by atoms with Crippen LogP contribution in [0, 0.1) is 0 Å². The Hall–Kier alpha value is -1.51. The molecule has 1 aliphatic heterocycles. The monoisotopic (exact) mass is 187 g/mol. The SMILES string of the molecule is CCCc1cccc(C2=NN=NC2)c1. The lowest BCUT2D eigenvalue weighted by molar-refractivity contribution is 0.921. The van der Waals surface area contributed by atoms with Gasteiger partial charge in [0.1, 0.15) is 6.54 Å². The number of hydrogen-bond donors (Lipinski definition) is 0. The van der Waals surface area contributed by atoms with Crippen LogP contribution in [0.5, 0.6) is 0 Å². The van der Waals surface area contributed by atoms with Crippen LogP contribution in [0.2, 0.25) is 0 Å². The summed E-state index contributed by atoms with van der Waals surface area (Å²) in [5, 5.41) is 11.5. The van der Waals surface area contributed by atoms with Crippen molar-refractivity contribution in [2.45, 2.75) is 19.8 Å². The van der Waals surface area contributed by atoms with E-state index in [2.05, 4.69) is 46.6 Å². The second kappa shape index (κ2) is 4.13. The molecule has 0 N–H and O–H groups in total. The predicted octanol–water partition coefficient (Wildman–Crippen LogP) is 2.81. The molecule has 0 radical (unpaired) electrons. The Bertz CT molecular complexity index is 380. The summed E-state index contributed by atoms with van der Waals surface area (Å²) < 4.78 is 0. The highest BCUT2D eigenvalue weighted by molar-refractivity contribution is 6.02. The second-order valence-electron chi connectivity index (χ2n) is 3.39. The summed E-state index contributed by atoms with van der Waals surface area (Å²) in [5.74, 6) is 0. The molecule has 0 fully saturated rings. The number of rotatable bonds is 3. The minimum atomic E-state index is 0.621. The maximum Gasteiger partial charge on any atom is 0.107 e. The zero-order valence-electron chi connectivity index (χ0n) is 8.27. The Labute approximate surface area is 83.6 Å². The quantitative estimate of drug-likeness (QED) is 0.697. The van der Waals surface area contributed by atoms with Crippen LogP contribution in [0.1, 0.15) is 24.5 Å². The molecule has 0 aromatic heterocycles. The third-order valence-corrected chi connectivity index (χ3v) is 2.25. The molecule has 1 heterocycles. The molecule has 0 amide bonds. The summed E-state index contributed by atoms with van der Waals surface area (Å²) in [6.07, 6.45) is 2.29. The third kappa shape index (κ3) is 1.87. The molecule has 72 valence electrons. The van der Waals surface area contributed by atoms with Crippen LogP contribution in [-0.2, 0) is 6.42 Å². The molecular weight excluding hydrogens is 174 g/mol. The van der Waals surface area contributed by atoms with E-state index in [0.29, 0.717) is 6.54 Å². The van der Waals surface area contributed by atoms with E-state index in [1.54, 1.807) is 0 Å². The van der Waals surface area contributed by atoms with E-state index in [1.165, 1.54) is 12.0 Å². The van der Waals surface area contributed by atoms with Gasteiger partial charge in [0.2, 0.25) is 0 Å². The second-order valence-corrected chi connectivity index (χ2v) is 3.39. The van der Waals surface area contributed by atoms with Crippen molar-refractivity contribution in [3.05, 3.63) is 35.4 Å². The van der Waals surface area contributed by atoms with Crippen molar-refractivity contribution < 1.29 is 0 Å². The summed E-state index contributed by atoms with van der Waals surface area (Å²) in [4.78, 5) is 0. The number of nitrogens with zero attached hydrogens (tertiary/aromatic N) is 3. The predicted molar refractivity (Wildman–Crippen MR) is 56.7 cm³/mol. The van der Waals surface area contributed by atoms with Gasteiger partial charge in [0.15, 0.2) is 0 Å². The van der Waals surface area contributed by atoms with Crippen LogP contribution in [0.25, 0.3) is 0 Å². The first-order chi connectivity index (χ1) is 6.90. The molecule has 1 aromatic rings. The third-order valence-electron chi connectivity index (χ3n) is 2.25. The van der Waals surface area contributed by atoms with E-state index < -0.39 is 0 Å². The summed E-state index contributed by atoms with van der Waals surface area (Å²) in [7, 11) is 0. The number of benzene rings is 1. The summed E-state index contributed by atoms with van der Waals surface area (Å²) in [6, 6.07) is 8.46. The van der Waals surface area contributed by atoms with Gasteiger partial charge in [0, 0.05) is 5.56 Å². The van der Waals surface area contributed by atoms with Gasteiger partial charge in [-0.25, -0.2) is 0 Å². The molecule has 2 rings (SSSR count). The van der Waals surface area contributed by atoms with Crippen LogP contribution in [0.3, 0.4) is 0 Å². The zero-order chi connectivity index (χ0) is 9.80. The Balaban J connectivity index is 2.22. The van der Waals surface area contributed by atoms with E-state index in [0.717, 1.165) is 17.7 Å². The van der Waals surface area contributed by atoms with Gasteiger partial charge in [-0.15, -0.1) is 5.10 Å². The maximum atomic E-state index is 3.98. The molecular formula is C11H13N3. The lowest BCUT2D eigenvalue weighted by atomic mass is 10.0. The van der Waals surface area contributed by atoms with Gasteiger partial charge < -0.3 is 0 Å². The van der Waals surface area contributed by atoms with Crippen molar-refractivity contribution in [3.8, 4) is 0 Å². The lowest BCUT2D eigenvalue weighted by Gasteiger charge is -2.02. The van der Waals surface area contributed by atoms with E-state index in [9.17, 15) is 0 Å². The molecule has 0 aliphatic carbocycles. The normalized spacial score (nSPS) is 14.5. The molecule has 0 saturated heterocycles.